The van der Waals surface area contributed by atoms with Crippen molar-refractivity contribution in [2.75, 3.05) is 11.9 Å². The van der Waals surface area contributed by atoms with Crippen LogP contribution in [0.15, 0.2) is 28.9 Å². The molecular weight excluding hydrogens is 275 g/mol. The van der Waals surface area contributed by atoms with Gasteiger partial charge >= 0.3 is 0 Å². The molecule has 2 rings (SSSR count). The number of halogens is 2. The monoisotopic (exact) mass is 284 g/mol. The Balaban J connectivity index is 2.78. The maximum Gasteiger partial charge on any atom is 0.135 e. The molecule has 0 aliphatic carbocycles. The van der Waals surface area contributed by atoms with Crippen LogP contribution in [0.2, 0.25) is 5.02 Å². The lowest BCUT2D eigenvalue weighted by Gasteiger charge is -2.09. The first-order chi connectivity index (χ1) is 7.24. The average Bonchev–Trinajstić information content (AvgIpc) is 2.24. The molecule has 1 heterocycles. The fourth-order valence-electron chi connectivity index (χ4n) is 1.52. The highest BCUT2D eigenvalue weighted by molar-refractivity contribution is 9.10. The van der Waals surface area contributed by atoms with E-state index in [1.54, 1.807) is 6.20 Å². The second-order valence-corrected chi connectivity index (χ2v) is 4.40. The van der Waals surface area contributed by atoms with Crippen LogP contribution in [0.5, 0.6) is 0 Å². The third-order valence-electron chi connectivity index (χ3n) is 2.17. The number of nitrogens with one attached hydrogen (secondary N) is 1. The van der Waals surface area contributed by atoms with Crippen LogP contribution in [0.1, 0.15) is 6.92 Å². The smallest absolute Gasteiger partial charge is 0.135 e. The number of fused-ring (bicyclic) bond motifs is 1. The van der Waals surface area contributed by atoms with Gasteiger partial charge in [-0.2, -0.15) is 0 Å². The number of nitrogens with zero attached hydrogens (tertiary/aromatic N) is 1. The highest BCUT2D eigenvalue weighted by Crippen LogP contribution is 2.33. The fraction of sp³-hybridized carbons (Fsp3) is 0.182. The maximum atomic E-state index is 6.17. The van der Waals surface area contributed by atoms with Gasteiger partial charge in [0.1, 0.15) is 5.82 Å². The first kappa shape index (κ1) is 10.7. The first-order valence-corrected chi connectivity index (χ1v) is 5.87. The molecule has 0 amide bonds. The minimum atomic E-state index is 0.720. The Kier molecular flexibility index (Phi) is 3.12. The lowest BCUT2D eigenvalue weighted by molar-refractivity contribution is 1.17. The van der Waals surface area contributed by atoms with E-state index >= 15 is 0 Å². The fourth-order valence-corrected chi connectivity index (χ4v) is 2.24. The van der Waals surface area contributed by atoms with E-state index in [0.29, 0.717) is 0 Å². The third-order valence-corrected chi connectivity index (χ3v) is 3.17. The normalized spacial score (nSPS) is 10.6. The van der Waals surface area contributed by atoms with Gasteiger partial charge in [-0.1, -0.05) is 27.5 Å². The van der Waals surface area contributed by atoms with Crippen molar-refractivity contribution in [2.45, 2.75) is 6.92 Å². The number of hydrogen-bond acceptors (Lipinski definition) is 2. The van der Waals surface area contributed by atoms with E-state index in [-0.39, 0.29) is 0 Å². The van der Waals surface area contributed by atoms with Gasteiger partial charge in [-0.3, -0.25) is 0 Å². The molecular formula is C11H10BrClN2. The zero-order valence-electron chi connectivity index (χ0n) is 8.22. The number of aromatic nitrogens is 1. The molecule has 0 radical (unpaired) electrons. The molecule has 4 heteroatoms. The Labute approximate surface area is 102 Å². The van der Waals surface area contributed by atoms with Crippen LogP contribution in [-0.4, -0.2) is 11.5 Å². The quantitative estimate of drug-likeness (QED) is 0.899. The SMILES string of the molecule is CCNc1nccc2c(Br)ccc(Cl)c12. The van der Waals surface area contributed by atoms with Crippen LogP contribution in [0.25, 0.3) is 10.8 Å². The molecule has 0 atom stereocenters. The summed E-state index contributed by atoms with van der Waals surface area (Å²) in [6, 6.07) is 5.77. The largest absolute Gasteiger partial charge is 0.370 e. The van der Waals surface area contributed by atoms with Gasteiger partial charge in [-0.05, 0) is 25.1 Å². The van der Waals surface area contributed by atoms with Crippen LogP contribution < -0.4 is 5.32 Å². The predicted molar refractivity (Wildman–Crippen MR) is 68.6 cm³/mol. The van der Waals surface area contributed by atoms with Crippen LogP contribution in [0, 0.1) is 0 Å². The molecule has 0 fully saturated rings. The standard InChI is InChI=1S/C11H10BrClN2/c1-2-14-11-10-7(5-6-15-11)8(12)3-4-9(10)13/h3-6H,2H2,1H3,(H,14,15). The molecule has 0 aliphatic heterocycles. The molecule has 2 aromatic rings. The zero-order chi connectivity index (χ0) is 10.8. The summed E-state index contributed by atoms with van der Waals surface area (Å²) in [7, 11) is 0. The summed E-state index contributed by atoms with van der Waals surface area (Å²) >= 11 is 9.67. The van der Waals surface area contributed by atoms with E-state index in [1.807, 2.05) is 25.1 Å². The molecule has 0 spiro atoms. The van der Waals surface area contributed by atoms with Gasteiger partial charge < -0.3 is 5.32 Å². The van der Waals surface area contributed by atoms with E-state index in [9.17, 15) is 0 Å². The lowest BCUT2D eigenvalue weighted by Crippen LogP contribution is -1.99. The molecule has 1 N–H and O–H groups in total. The Bertz CT molecular complexity index is 499. The number of hydrogen-bond donors (Lipinski definition) is 1. The van der Waals surface area contributed by atoms with Gasteiger partial charge in [0.25, 0.3) is 0 Å². The third kappa shape index (κ3) is 1.94. The summed E-state index contributed by atoms with van der Waals surface area (Å²) in [5, 5.41) is 5.97. The molecule has 0 saturated heterocycles. The lowest BCUT2D eigenvalue weighted by atomic mass is 10.1. The summed E-state index contributed by atoms with van der Waals surface area (Å²) in [4.78, 5) is 4.28. The van der Waals surface area contributed by atoms with Crippen molar-refractivity contribution in [3.63, 3.8) is 0 Å². The van der Waals surface area contributed by atoms with Crippen molar-refractivity contribution >= 4 is 44.1 Å². The van der Waals surface area contributed by atoms with Gasteiger partial charge in [-0.15, -0.1) is 0 Å². The van der Waals surface area contributed by atoms with E-state index in [4.69, 9.17) is 11.6 Å². The maximum absolute atomic E-state index is 6.17. The highest BCUT2D eigenvalue weighted by Gasteiger charge is 2.07. The number of pyridine rings is 1. The second kappa shape index (κ2) is 4.37. The van der Waals surface area contributed by atoms with E-state index < -0.39 is 0 Å². The predicted octanol–water partition coefficient (Wildman–Crippen LogP) is 4.08. The van der Waals surface area contributed by atoms with Crippen molar-refractivity contribution in [1.29, 1.82) is 0 Å². The summed E-state index contributed by atoms with van der Waals surface area (Å²) < 4.78 is 1.03. The summed E-state index contributed by atoms with van der Waals surface area (Å²) in [6.45, 7) is 2.86. The highest BCUT2D eigenvalue weighted by atomic mass is 79.9. The molecule has 0 bridgehead atoms. The summed E-state index contributed by atoms with van der Waals surface area (Å²) in [6.07, 6.45) is 1.78. The summed E-state index contributed by atoms with van der Waals surface area (Å²) in [5.41, 5.74) is 0. The molecule has 0 unspecified atom stereocenters. The minimum absolute atomic E-state index is 0.720. The second-order valence-electron chi connectivity index (χ2n) is 3.14. The van der Waals surface area contributed by atoms with Crippen molar-refractivity contribution < 1.29 is 0 Å². The van der Waals surface area contributed by atoms with Crippen LogP contribution in [0.4, 0.5) is 5.82 Å². The van der Waals surface area contributed by atoms with Crippen LogP contribution >= 0.6 is 27.5 Å². The van der Waals surface area contributed by atoms with Gasteiger partial charge in [0.2, 0.25) is 0 Å². The van der Waals surface area contributed by atoms with Gasteiger partial charge in [0.05, 0.1) is 5.02 Å². The van der Waals surface area contributed by atoms with Crippen molar-refractivity contribution in [1.82, 2.24) is 4.98 Å². The molecule has 78 valence electrons. The first-order valence-electron chi connectivity index (χ1n) is 4.70. The van der Waals surface area contributed by atoms with Crippen molar-refractivity contribution in [3.8, 4) is 0 Å². The van der Waals surface area contributed by atoms with E-state index in [0.717, 1.165) is 32.6 Å². The van der Waals surface area contributed by atoms with Crippen molar-refractivity contribution in [2.24, 2.45) is 0 Å². The Morgan fingerprint density at radius 1 is 1.40 bits per heavy atom. The molecule has 0 aliphatic rings. The summed E-state index contributed by atoms with van der Waals surface area (Å²) in [5.74, 6) is 0.835. The molecule has 1 aromatic carbocycles. The van der Waals surface area contributed by atoms with Crippen molar-refractivity contribution in [3.05, 3.63) is 33.9 Å². The van der Waals surface area contributed by atoms with E-state index in [1.165, 1.54) is 0 Å². The molecule has 15 heavy (non-hydrogen) atoms. The minimum Gasteiger partial charge on any atom is -0.370 e. The Morgan fingerprint density at radius 3 is 2.93 bits per heavy atom. The number of rotatable bonds is 2. The molecule has 2 nitrogen and oxygen atoms in total. The Hall–Kier alpha value is -0.800. The average molecular weight is 286 g/mol. The molecule has 1 aromatic heterocycles. The van der Waals surface area contributed by atoms with E-state index in [2.05, 4.69) is 26.2 Å². The van der Waals surface area contributed by atoms with Crippen LogP contribution in [-0.2, 0) is 0 Å². The molecule has 0 saturated carbocycles. The van der Waals surface area contributed by atoms with Gasteiger partial charge in [-0.25, -0.2) is 4.98 Å². The van der Waals surface area contributed by atoms with Gasteiger partial charge in [0, 0.05) is 28.0 Å². The number of anilines is 1. The Morgan fingerprint density at radius 2 is 2.20 bits per heavy atom. The van der Waals surface area contributed by atoms with Crippen LogP contribution in [0.3, 0.4) is 0 Å². The topological polar surface area (TPSA) is 24.9 Å². The zero-order valence-corrected chi connectivity index (χ0v) is 10.6. The number of benzene rings is 1. The van der Waals surface area contributed by atoms with Gasteiger partial charge in [0.15, 0.2) is 0 Å².